The molecule has 0 spiro atoms. The maximum Gasteiger partial charge on any atom is 0.261 e. The number of carbonyl (C=O) groups is 1. The highest BCUT2D eigenvalue weighted by atomic mass is 32.1. The molecule has 0 saturated carbocycles. The smallest absolute Gasteiger partial charge is 0.261 e. The van der Waals surface area contributed by atoms with E-state index >= 15 is 0 Å². The molecule has 132 valence electrons. The van der Waals surface area contributed by atoms with Crippen LogP contribution in [0, 0.1) is 0 Å². The first-order chi connectivity index (χ1) is 13.2. The number of fused-ring (bicyclic) bond motifs is 1. The minimum absolute atomic E-state index is 0.0979. The van der Waals surface area contributed by atoms with Crippen molar-refractivity contribution in [2.75, 3.05) is 5.32 Å². The summed E-state index contributed by atoms with van der Waals surface area (Å²) in [6.07, 6.45) is 15.2. The molecule has 0 radical (unpaired) electrons. The highest BCUT2D eigenvalue weighted by molar-refractivity contribution is 7.16. The van der Waals surface area contributed by atoms with Crippen molar-refractivity contribution in [3.05, 3.63) is 106 Å². The van der Waals surface area contributed by atoms with Crippen LogP contribution < -0.4 is 10.7 Å². The number of nitrogens with one attached hydrogen (secondary N) is 2. The van der Waals surface area contributed by atoms with Gasteiger partial charge in [-0.3, -0.25) is 9.59 Å². The fourth-order valence-electron chi connectivity index (χ4n) is 2.90. The summed E-state index contributed by atoms with van der Waals surface area (Å²) in [6, 6.07) is 9.28. The van der Waals surface area contributed by atoms with Crippen molar-refractivity contribution in [2.45, 2.75) is 0 Å². The van der Waals surface area contributed by atoms with Crippen molar-refractivity contribution >= 4 is 38.7 Å². The second-order valence-corrected chi connectivity index (χ2v) is 6.86. The Bertz CT molecular complexity index is 1190. The lowest BCUT2D eigenvalue weighted by Crippen LogP contribution is -2.22. The predicted molar refractivity (Wildman–Crippen MR) is 112 cm³/mol. The predicted octanol–water partition coefficient (Wildman–Crippen LogP) is 4.91. The minimum atomic E-state index is -0.428. The van der Waals surface area contributed by atoms with Gasteiger partial charge in [0.1, 0.15) is 10.4 Å². The van der Waals surface area contributed by atoms with Crippen LogP contribution in [0.3, 0.4) is 0 Å². The first-order valence-electron chi connectivity index (χ1n) is 8.45. The molecule has 1 aromatic carbocycles. The van der Waals surface area contributed by atoms with Gasteiger partial charge >= 0.3 is 0 Å². The maximum absolute atomic E-state index is 12.8. The Morgan fingerprint density at radius 2 is 1.81 bits per heavy atom. The fraction of sp³-hybridized carbons (Fsp3) is 0. The Hall–Kier alpha value is -3.44. The second kappa shape index (κ2) is 7.43. The molecule has 2 N–H and O–H groups in total. The van der Waals surface area contributed by atoms with E-state index in [1.807, 2.05) is 72.2 Å². The van der Waals surface area contributed by atoms with Gasteiger partial charge in [-0.1, -0.05) is 60.7 Å². The lowest BCUT2D eigenvalue weighted by molar-refractivity contribution is 0.102. The molecule has 0 bridgehead atoms. The number of para-hydroxylation sites is 1. The number of amides is 1. The van der Waals surface area contributed by atoms with Crippen molar-refractivity contribution < 1.29 is 4.79 Å². The monoisotopic (exact) mass is 372 g/mol. The standard InChI is InChI=1S/C22H16N2O2S/c25-20-17-12-13-27-22(17)23-14-18(20)21(26)24-19-11-7-6-10-16(19)15-8-4-2-1-3-5-9-15/h1-14H,(H,23,25)(H,24,26)/b2-1-,3-1?,4-2?,5-3-,8-4-,9-5?,15-8?,15-9+. The summed E-state index contributed by atoms with van der Waals surface area (Å²) in [6.45, 7) is 0. The Balaban J connectivity index is 1.69. The van der Waals surface area contributed by atoms with E-state index in [-0.39, 0.29) is 11.0 Å². The van der Waals surface area contributed by atoms with Gasteiger partial charge in [0.2, 0.25) is 5.43 Å². The summed E-state index contributed by atoms with van der Waals surface area (Å²) in [5.74, 6) is -0.428. The molecule has 0 unspecified atom stereocenters. The molecule has 0 aliphatic heterocycles. The zero-order valence-electron chi connectivity index (χ0n) is 14.3. The Kier molecular flexibility index (Phi) is 4.68. The average Bonchev–Trinajstić information content (AvgIpc) is 3.12. The van der Waals surface area contributed by atoms with E-state index in [0.29, 0.717) is 11.1 Å². The lowest BCUT2D eigenvalue weighted by Gasteiger charge is -2.12. The Labute approximate surface area is 159 Å². The maximum atomic E-state index is 12.8. The van der Waals surface area contributed by atoms with Crippen molar-refractivity contribution in [3.8, 4) is 0 Å². The van der Waals surface area contributed by atoms with Crippen molar-refractivity contribution in [1.29, 1.82) is 0 Å². The molecule has 3 aromatic rings. The second-order valence-electron chi connectivity index (χ2n) is 5.95. The van der Waals surface area contributed by atoms with Crippen LogP contribution in [0.5, 0.6) is 0 Å². The number of rotatable bonds is 3. The van der Waals surface area contributed by atoms with Crippen LogP contribution in [0.4, 0.5) is 5.69 Å². The number of hydrogen-bond acceptors (Lipinski definition) is 3. The molecule has 2 aromatic heterocycles. The molecular weight excluding hydrogens is 356 g/mol. The summed E-state index contributed by atoms with van der Waals surface area (Å²) in [4.78, 5) is 29.1. The normalized spacial score (nSPS) is 18.7. The van der Waals surface area contributed by atoms with Gasteiger partial charge in [0, 0.05) is 17.4 Å². The van der Waals surface area contributed by atoms with Crippen LogP contribution in [-0.2, 0) is 0 Å². The van der Waals surface area contributed by atoms with Gasteiger partial charge in [0.15, 0.2) is 0 Å². The fourth-order valence-corrected chi connectivity index (χ4v) is 3.65. The summed E-state index contributed by atoms with van der Waals surface area (Å²) in [5.41, 5.74) is 2.34. The molecule has 0 atom stereocenters. The SMILES string of the molecule is O=C(Nc1ccccc1C1=C/C=C\C=C/C=C\1)c1c[nH]c2sccc2c1=O. The number of thiophene rings is 1. The molecule has 1 aliphatic carbocycles. The van der Waals surface area contributed by atoms with Gasteiger partial charge in [0.05, 0.1) is 5.39 Å². The molecule has 0 fully saturated rings. The van der Waals surface area contributed by atoms with E-state index in [4.69, 9.17) is 0 Å². The number of pyridine rings is 1. The highest BCUT2D eigenvalue weighted by Gasteiger charge is 2.15. The van der Waals surface area contributed by atoms with Gasteiger partial charge in [-0.15, -0.1) is 11.3 Å². The summed E-state index contributed by atoms with van der Waals surface area (Å²) < 4.78 is 0. The number of allylic oxidation sites excluding steroid dienone is 8. The molecule has 27 heavy (non-hydrogen) atoms. The number of H-pyrrole nitrogens is 1. The molecule has 1 amide bonds. The van der Waals surface area contributed by atoms with E-state index in [1.165, 1.54) is 17.5 Å². The van der Waals surface area contributed by atoms with E-state index < -0.39 is 5.91 Å². The Morgan fingerprint density at radius 1 is 1.00 bits per heavy atom. The van der Waals surface area contributed by atoms with Crippen LogP contribution in [-0.4, -0.2) is 10.9 Å². The van der Waals surface area contributed by atoms with Crippen molar-refractivity contribution in [1.82, 2.24) is 4.98 Å². The quantitative estimate of drug-likeness (QED) is 0.686. The van der Waals surface area contributed by atoms with Gasteiger partial charge in [-0.2, -0.15) is 0 Å². The van der Waals surface area contributed by atoms with Gasteiger partial charge in [-0.25, -0.2) is 0 Å². The van der Waals surface area contributed by atoms with E-state index in [2.05, 4.69) is 10.3 Å². The average molecular weight is 372 g/mol. The zero-order valence-corrected chi connectivity index (χ0v) is 15.1. The summed E-state index contributed by atoms with van der Waals surface area (Å²) >= 11 is 1.44. The molecule has 4 rings (SSSR count). The van der Waals surface area contributed by atoms with Crippen molar-refractivity contribution in [2.24, 2.45) is 0 Å². The Morgan fingerprint density at radius 3 is 2.74 bits per heavy atom. The number of benzene rings is 1. The minimum Gasteiger partial charge on any atom is -0.352 e. The topological polar surface area (TPSA) is 62.0 Å². The molecule has 5 heteroatoms. The van der Waals surface area contributed by atoms with E-state index in [0.717, 1.165) is 16.0 Å². The van der Waals surface area contributed by atoms with Crippen LogP contribution in [0.2, 0.25) is 0 Å². The zero-order chi connectivity index (χ0) is 18.6. The molecule has 4 nitrogen and oxygen atoms in total. The third kappa shape index (κ3) is 3.45. The van der Waals surface area contributed by atoms with Gasteiger partial charge < -0.3 is 10.3 Å². The van der Waals surface area contributed by atoms with Crippen LogP contribution in [0.15, 0.2) is 89.2 Å². The first kappa shape index (κ1) is 17.0. The third-order valence-electron chi connectivity index (χ3n) is 4.23. The summed E-state index contributed by atoms with van der Waals surface area (Å²) in [5, 5.41) is 5.24. The number of hydrogen-bond donors (Lipinski definition) is 2. The highest BCUT2D eigenvalue weighted by Crippen LogP contribution is 2.26. The molecule has 2 heterocycles. The van der Waals surface area contributed by atoms with Crippen LogP contribution >= 0.6 is 11.3 Å². The van der Waals surface area contributed by atoms with Gasteiger partial charge in [0.25, 0.3) is 5.91 Å². The number of anilines is 1. The van der Waals surface area contributed by atoms with Crippen LogP contribution in [0.25, 0.3) is 15.8 Å². The lowest BCUT2D eigenvalue weighted by atomic mass is 10.0. The van der Waals surface area contributed by atoms with E-state index in [1.54, 1.807) is 6.07 Å². The summed E-state index contributed by atoms with van der Waals surface area (Å²) in [7, 11) is 0. The first-order valence-corrected chi connectivity index (χ1v) is 9.33. The number of carbonyl (C=O) groups excluding carboxylic acids is 1. The van der Waals surface area contributed by atoms with Gasteiger partial charge in [-0.05, 0) is 23.1 Å². The number of aromatic nitrogens is 1. The third-order valence-corrected chi connectivity index (χ3v) is 5.07. The number of aromatic amines is 1. The molecule has 0 saturated heterocycles. The molecule has 1 aliphatic rings. The van der Waals surface area contributed by atoms with E-state index in [9.17, 15) is 9.59 Å². The largest absolute Gasteiger partial charge is 0.352 e. The van der Waals surface area contributed by atoms with Crippen LogP contribution in [0.1, 0.15) is 15.9 Å². The molecular formula is C22H16N2O2S. The van der Waals surface area contributed by atoms with Crippen molar-refractivity contribution in [3.63, 3.8) is 0 Å².